The number of hydrogen-bond acceptors (Lipinski definition) is 7. The first-order valence-corrected chi connectivity index (χ1v) is 13.2. The van der Waals surface area contributed by atoms with Gasteiger partial charge in [0.2, 0.25) is 17.7 Å². The predicted molar refractivity (Wildman–Crippen MR) is 137 cm³/mol. The molecule has 0 unspecified atom stereocenters. The third-order valence-corrected chi connectivity index (χ3v) is 6.95. The van der Waals surface area contributed by atoms with Gasteiger partial charge < -0.3 is 31.3 Å². The van der Waals surface area contributed by atoms with Crippen molar-refractivity contribution in [3.63, 3.8) is 0 Å². The number of likely N-dealkylation sites (tertiary alicyclic amines) is 1. The maximum Gasteiger partial charge on any atom is 0.319 e. The highest BCUT2D eigenvalue weighted by Crippen LogP contribution is 2.21. The number of methoxy groups -OCH3 is 1. The summed E-state index contributed by atoms with van der Waals surface area (Å²) in [7, 11) is 1.56. The van der Waals surface area contributed by atoms with E-state index in [2.05, 4.69) is 16.0 Å². The molecular formula is C23H29N5O5S2. The Hall–Kier alpha value is -3.25. The van der Waals surface area contributed by atoms with Gasteiger partial charge in [0.05, 0.1) is 18.9 Å². The van der Waals surface area contributed by atoms with Crippen molar-refractivity contribution in [2.24, 2.45) is 5.73 Å². The molecule has 1 aliphatic rings. The molecule has 3 rings (SSSR count). The Morgan fingerprint density at radius 3 is 2.57 bits per heavy atom. The zero-order valence-corrected chi connectivity index (χ0v) is 21.1. The summed E-state index contributed by atoms with van der Waals surface area (Å²) in [4.78, 5) is 52.7. The minimum atomic E-state index is -0.899. The van der Waals surface area contributed by atoms with Crippen molar-refractivity contribution in [3.05, 3.63) is 46.7 Å². The molecule has 3 atom stereocenters. The number of nitrogens with zero attached hydrogens (tertiary/aromatic N) is 1. The van der Waals surface area contributed by atoms with Gasteiger partial charge in [-0.05, 0) is 48.4 Å². The number of ether oxygens (including phenoxy) is 1. The number of hydrogen-bond donors (Lipinski definition) is 4. The second-order valence-electron chi connectivity index (χ2n) is 8.00. The van der Waals surface area contributed by atoms with Crippen LogP contribution in [0.5, 0.6) is 5.75 Å². The van der Waals surface area contributed by atoms with Crippen molar-refractivity contribution >= 4 is 52.5 Å². The smallest absolute Gasteiger partial charge is 0.319 e. The van der Waals surface area contributed by atoms with Crippen molar-refractivity contribution in [2.75, 3.05) is 31.0 Å². The summed E-state index contributed by atoms with van der Waals surface area (Å²) < 4.78 is 5.11. The van der Waals surface area contributed by atoms with Gasteiger partial charge in [0.15, 0.2) is 0 Å². The van der Waals surface area contributed by atoms with Crippen LogP contribution in [0.2, 0.25) is 0 Å². The van der Waals surface area contributed by atoms with Gasteiger partial charge in [0.25, 0.3) is 0 Å². The van der Waals surface area contributed by atoms with Crippen LogP contribution in [0.25, 0.3) is 0 Å². The molecule has 1 aromatic heterocycles. The fourth-order valence-corrected chi connectivity index (χ4v) is 4.98. The molecule has 1 fully saturated rings. The third-order valence-electron chi connectivity index (χ3n) is 5.52. The van der Waals surface area contributed by atoms with Gasteiger partial charge in [0, 0.05) is 23.5 Å². The van der Waals surface area contributed by atoms with Gasteiger partial charge in [-0.15, -0.1) is 11.3 Å². The second-order valence-corrected chi connectivity index (χ2v) is 9.90. The lowest BCUT2D eigenvalue weighted by Crippen LogP contribution is -2.53. The number of nitrogens with two attached hydrogens (primary N) is 1. The van der Waals surface area contributed by atoms with E-state index in [0.29, 0.717) is 11.4 Å². The fraction of sp³-hybridized carbons (Fsp3) is 0.391. The summed E-state index contributed by atoms with van der Waals surface area (Å²) in [5, 5.41) is 10.1. The topological polar surface area (TPSA) is 143 Å². The molecule has 1 aromatic carbocycles. The summed E-state index contributed by atoms with van der Waals surface area (Å²) in [5.41, 5.74) is 6.09. The molecule has 10 nitrogen and oxygen atoms in total. The number of anilines is 1. The Balaban J connectivity index is 1.65. The first-order valence-electron chi connectivity index (χ1n) is 10.9. The number of amides is 5. The molecular weight excluding hydrogens is 490 g/mol. The van der Waals surface area contributed by atoms with Crippen LogP contribution in [0.15, 0.2) is 41.8 Å². The highest BCUT2D eigenvalue weighted by atomic mass is 32.2. The van der Waals surface area contributed by atoms with Crippen LogP contribution in [0, 0.1) is 0 Å². The number of rotatable bonds is 10. The lowest BCUT2D eigenvalue weighted by atomic mass is 10.1. The van der Waals surface area contributed by atoms with Crippen LogP contribution in [0.3, 0.4) is 0 Å². The summed E-state index contributed by atoms with van der Waals surface area (Å²) in [6, 6.07) is 7.94. The minimum Gasteiger partial charge on any atom is -0.497 e. The quantitative estimate of drug-likeness (QED) is 0.374. The zero-order chi connectivity index (χ0) is 25.4. The summed E-state index contributed by atoms with van der Waals surface area (Å²) in [5.74, 6) is -0.480. The number of carbonyl (C=O) groups excluding carboxylic acids is 4. The largest absolute Gasteiger partial charge is 0.497 e. The van der Waals surface area contributed by atoms with Crippen LogP contribution in [0.1, 0.15) is 11.3 Å². The summed E-state index contributed by atoms with van der Waals surface area (Å²) in [6.45, 7) is 0.180. The Labute approximate surface area is 211 Å². The minimum absolute atomic E-state index is 0.180. The summed E-state index contributed by atoms with van der Waals surface area (Å²) >= 11 is 2.81. The van der Waals surface area contributed by atoms with E-state index < -0.39 is 36.0 Å². The molecule has 5 N–H and O–H groups in total. The van der Waals surface area contributed by atoms with Gasteiger partial charge in [-0.2, -0.15) is 11.8 Å². The first kappa shape index (κ1) is 26.4. The Morgan fingerprint density at radius 1 is 1.23 bits per heavy atom. The lowest BCUT2D eigenvalue weighted by molar-refractivity contribution is -0.137. The molecule has 188 valence electrons. The number of urea groups is 1. The Morgan fingerprint density at radius 2 is 1.97 bits per heavy atom. The highest BCUT2D eigenvalue weighted by Gasteiger charge is 2.40. The average molecular weight is 520 g/mol. The van der Waals surface area contributed by atoms with Crippen molar-refractivity contribution in [2.45, 2.75) is 31.0 Å². The van der Waals surface area contributed by atoms with Crippen LogP contribution in [-0.2, 0) is 20.8 Å². The van der Waals surface area contributed by atoms with E-state index in [1.54, 1.807) is 37.6 Å². The van der Waals surface area contributed by atoms with E-state index in [-0.39, 0.29) is 31.0 Å². The van der Waals surface area contributed by atoms with Gasteiger partial charge in [-0.25, -0.2) is 4.79 Å². The summed E-state index contributed by atoms with van der Waals surface area (Å²) in [6.07, 6.45) is 2.29. The fourth-order valence-electron chi connectivity index (χ4n) is 3.82. The average Bonchev–Trinajstić information content (AvgIpc) is 3.49. The molecule has 1 saturated heterocycles. The standard InChI is InChI=1S/C23H29N5O5S2/c1-33-16-7-5-14(6-8-16)25-23(32)26-15-10-19(28(12-15)20(29)13-34-2)22(31)27-18(21(24)30)11-17-4-3-9-35-17/h3-9,15,18-19H,10-13H2,1-2H3,(H2,24,30)(H,27,31)(H2,25,26,32)/t15-,18+,19+/m1/s1. The van der Waals surface area contributed by atoms with Crippen LogP contribution >= 0.6 is 23.1 Å². The monoisotopic (exact) mass is 519 g/mol. The van der Waals surface area contributed by atoms with Gasteiger partial charge in [0.1, 0.15) is 17.8 Å². The molecule has 0 radical (unpaired) electrons. The van der Waals surface area contributed by atoms with Crippen molar-refractivity contribution in [3.8, 4) is 5.75 Å². The molecule has 0 bridgehead atoms. The number of carbonyl (C=O) groups is 4. The highest BCUT2D eigenvalue weighted by molar-refractivity contribution is 7.99. The van der Waals surface area contributed by atoms with Crippen molar-refractivity contribution < 1.29 is 23.9 Å². The van der Waals surface area contributed by atoms with E-state index >= 15 is 0 Å². The number of primary amides is 1. The lowest BCUT2D eigenvalue weighted by Gasteiger charge is -2.25. The molecule has 0 aliphatic carbocycles. The van der Waals surface area contributed by atoms with E-state index in [4.69, 9.17) is 10.5 Å². The van der Waals surface area contributed by atoms with Crippen LogP contribution in [-0.4, -0.2) is 72.4 Å². The number of nitrogens with one attached hydrogen (secondary N) is 3. The molecule has 0 spiro atoms. The number of thiophene rings is 1. The molecule has 12 heteroatoms. The molecule has 0 saturated carbocycles. The van der Waals surface area contributed by atoms with Gasteiger partial charge in [-0.1, -0.05) is 6.07 Å². The first-order chi connectivity index (χ1) is 16.8. The Bertz CT molecular complexity index is 1030. The molecule has 35 heavy (non-hydrogen) atoms. The normalized spacial score (nSPS) is 17.9. The Kier molecular flexibility index (Phi) is 9.38. The van der Waals surface area contributed by atoms with E-state index in [1.807, 2.05) is 17.5 Å². The molecule has 2 aromatic rings. The van der Waals surface area contributed by atoms with Crippen LogP contribution in [0.4, 0.5) is 10.5 Å². The van der Waals surface area contributed by atoms with E-state index in [9.17, 15) is 19.2 Å². The molecule has 1 aliphatic heterocycles. The number of thioether (sulfide) groups is 1. The molecule has 5 amide bonds. The van der Waals surface area contributed by atoms with Crippen molar-refractivity contribution in [1.82, 2.24) is 15.5 Å². The van der Waals surface area contributed by atoms with Crippen molar-refractivity contribution in [1.29, 1.82) is 0 Å². The predicted octanol–water partition coefficient (Wildman–Crippen LogP) is 1.42. The van der Waals surface area contributed by atoms with E-state index in [0.717, 1.165) is 4.88 Å². The van der Waals surface area contributed by atoms with E-state index in [1.165, 1.54) is 28.0 Å². The van der Waals surface area contributed by atoms with Gasteiger partial charge in [-0.3, -0.25) is 14.4 Å². The third kappa shape index (κ3) is 7.36. The SMILES string of the molecule is COc1ccc(NC(=O)N[C@@H]2C[C@@H](C(=O)N[C@@H](Cc3cccs3)C(N)=O)N(C(=O)CSC)C2)cc1. The maximum atomic E-state index is 13.1. The molecule has 2 heterocycles. The maximum absolute atomic E-state index is 13.1. The van der Waals surface area contributed by atoms with Gasteiger partial charge >= 0.3 is 6.03 Å². The number of benzene rings is 1. The van der Waals surface area contributed by atoms with Crippen LogP contribution < -0.4 is 26.4 Å². The second kappa shape index (κ2) is 12.5. The zero-order valence-electron chi connectivity index (χ0n) is 19.5.